The largest absolute Gasteiger partial charge is 0.478 e. The number of hydrogen-bond donors (Lipinski definition) is 2. The third-order valence-electron chi connectivity index (χ3n) is 2.86. The number of aromatic carboxylic acids is 1. The van der Waals surface area contributed by atoms with Gasteiger partial charge in [0.05, 0.1) is 5.56 Å². The summed E-state index contributed by atoms with van der Waals surface area (Å²) in [6.45, 7) is 1.63. The van der Waals surface area contributed by atoms with Crippen molar-refractivity contribution in [3.05, 3.63) is 57.8 Å². The van der Waals surface area contributed by atoms with Crippen molar-refractivity contribution in [2.45, 2.75) is 11.8 Å². The molecule has 0 aliphatic carbocycles. The maximum absolute atomic E-state index is 13.9. The first-order chi connectivity index (χ1) is 10.2. The van der Waals surface area contributed by atoms with Gasteiger partial charge in [-0.15, -0.1) is 0 Å². The molecular weight excluding hydrogens is 377 g/mol. The fourth-order valence-corrected chi connectivity index (χ4v) is 3.27. The highest BCUT2D eigenvalue weighted by atomic mass is 79.9. The zero-order chi connectivity index (χ0) is 16.5. The summed E-state index contributed by atoms with van der Waals surface area (Å²) in [6, 6.07) is 7.52. The van der Waals surface area contributed by atoms with Crippen LogP contribution in [0.1, 0.15) is 15.9 Å². The van der Waals surface area contributed by atoms with E-state index < -0.39 is 26.7 Å². The highest BCUT2D eigenvalue weighted by molar-refractivity contribution is 9.10. The summed E-state index contributed by atoms with van der Waals surface area (Å²) in [7, 11) is -4.16. The van der Waals surface area contributed by atoms with Crippen LogP contribution in [0.15, 0.2) is 45.8 Å². The monoisotopic (exact) mass is 387 g/mol. The van der Waals surface area contributed by atoms with Crippen LogP contribution in [0.25, 0.3) is 0 Å². The Bertz CT molecular complexity index is 852. The third kappa shape index (κ3) is 3.45. The highest BCUT2D eigenvalue weighted by Crippen LogP contribution is 2.25. The minimum Gasteiger partial charge on any atom is -0.478 e. The van der Waals surface area contributed by atoms with Crippen molar-refractivity contribution in [1.82, 2.24) is 0 Å². The number of hydrogen-bond acceptors (Lipinski definition) is 3. The van der Waals surface area contributed by atoms with E-state index in [0.717, 1.165) is 12.1 Å². The Kier molecular flexibility index (Phi) is 4.52. The Balaban J connectivity index is 2.42. The average molecular weight is 388 g/mol. The minimum absolute atomic E-state index is 0.0415. The van der Waals surface area contributed by atoms with Gasteiger partial charge in [-0.25, -0.2) is 17.6 Å². The molecule has 8 heteroatoms. The molecule has 2 aromatic rings. The zero-order valence-electron chi connectivity index (χ0n) is 11.3. The highest BCUT2D eigenvalue weighted by Gasteiger charge is 2.21. The first kappa shape index (κ1) is 16.4. The lowest BCUT2D eigenvalue weighted by Gasteiger charge is -2.11. The molecule has 2 N–H and O–H groups in total. The van der Waals surface area contributed by atoms with Gasteiger partial charge in [0.1, 0.15) is 10.7 Å². The molecule has 22 heavy (non-hydrogen) atoms. The third-order valence-corrected chi connectivity index (χ3v) is 5.12. The standard InChI is InChI=1S/C14H11BrFNO4S/c1-8-5-13(12(16)7-11(8)15)22(20,21)17-10-4-2-3-9(6-10)14(18)19/h2-7,17H,1H3,(H,18,19). The van der Waals surface area contributed by atoms with E-state index in [1.54, 1.807) is 6.92 Å². The van der Waals surface area contributed by atoms with E-state index in [0.29, 0.717) is 10.0 Å². The van der Waals surface area contributed by atoms with Crippen LogP contribution < -0.4 is 4.72 Å². The number of carbonyl (C=O) groups is 1. The van der Waals surface area contributed by atoms with Crippen molar-refractivity contribution in [3.8, 4) is 0 Å². The van der Waals surface area contributed by atoms with E-state index in [1.807, 2.05) is 0 Å². The molecule has 116 valence electrons. The van der Waals surface area contributed by atoms with Crippen LogP contribution in [-0.2, 0) is 10.0 Å². The number of halogens is 2. The van der Waals surface area contributed by atoms with Crippen molar-refractivity contribution in [3.63, 3.8) is 0 Å². The molecule has 0 spiro atoms. The van der Waals surface area contributed by atoms with Gasteiger partial charge in [0.15, 0.2) is 0 Å². The van der Waals surface area contributed by atoms with Crippen molar-refractivity contribution in [2.75, 3.05) is 4.72 Å². The molecule has 2 rings (SSSR count). The number of anilines is 1. The van der Waals surface area contributed by atoms with Gasteiger partial charge in [0.25, 0.3) is 10.0 Å². The Morgan fingerprint density at radius 1 is 1.27 bits per heavy atom. The van der Waals surface area contributed by atoms with Crippen LogP contribution in [0, 0.1) is 12.7 Å². The molecule has 0 aliphatic heterocycles. The molecule has 5 nitrogen and oxygen atoms in total. The van der Waals surface area contributed by atoms with Crippen LogP contribution >= 0.6 is 15.9 Å². The molecule has 0 unspecified atom stereocenters. The van der Waals surface area contributed by atoms with Crippen molar-refractivity contribution in [2.24, 2.45) is 0 Å². The topological polar surface area (TPSA) is 83.5 Å². The van der Waals surface area contributed by atoms with Gasteiger partial charge in [0.2, 0.25) is 0 Å². The van der Waals surface area contributed by atoms with Crippen LogP contribution in [0.5, 0.6) is 0 Å². The SMILES string of the molecule is Cc1cc(S(=O)(=O)Nc2cccc(C(=O)O)c2)c(F)cc1Br. The summed E-state index contributed by atoms with van der Waals surface area (Å²) in [5.74, 6) is -2.09. The minimum atomic E-state index is -4.16. The predicted molar refractivity (Wildman–Crippen MR) is 83.0 cm³/mol. The second-order valence-electron chi connectivity index (χ2n) is 4.52. The van der Waals surface area contributed by atoms with Crippen LogP contribution in [0.3, 0.4) is 0 Å². The van der Waals surface area contributed by atoms with E-state index in [-0.39, 0.29) is 11.3 Å². The van der Waals surface area contributed by atoms with Gasteiger partial charge in [0, 0.05) is 10.2 Å². The van der Waals surface area contributed by atoms with E-state index in [9.17, 15) is 17.6 Å². The first-order valence-electron chi connectivity index (χ1n) is 6.02. The Labute approximate surface area is 135 Å². The summed E-state index contributed by atoms with van der Waals surface area (Å²) >= 11 is 3.12. The van der Waals surface area contributed by atoms with Crippen LogP contribution in [0.2, 0.25) is 0 Å². The lowest BCUT2D eigenvalue weighted by Crippen LogP contribution is -2.15. The molecule has 0 saturated carbocycles. The first-order valence-corrected chi connectivity index (χ1v) is 8.30. The normalized spacial score (nSPS) is 11.2. The number of nitrogens with one attached hydrogen (secondary N) is 1. The molecule has 0 heterocycles. The molecule has 0 saturated heterocycles. The van der Waals surface area contributed by atoms with E-state index in [1.165, 1.54) is 24.3 Å². The second-order valence-corrected chi connectivity index (χ2v) is 7.03. The number of rotatable bonds is 4. The van der Waals surface area contributed by atoms with Gasteiger partial charge in [-0.1, -0.05) is 22.0 Å². The number of sulfonamides is 1. The predicted octanol–water partition coefficient (Wildman–Crippen LogP) is 3.40. The van der Waals surface area contributed by atoms with Gasteiger partial charge in [-0.3, -0.25) is 4.72 Å². The number of carboxylic acid groups (broad SMARTS) is 1. The van der Waals surface area contributed by atoms with E-state index in [2.05, 4.69) is 20.7 Å². The lowest BCUT2D eigenvalue weighted by molar-refractivity contribution is 0.0697. The van der Waals surface area contributed by atoms with Crippen LogP contribution in [0.4, 0.5) is 10.1 Å². The molecular formula is C14H11BrFNO4S. The van der Waals surface area contributed by atoms with Gasteiger partial charge in [-0.2, -0.15) is 0 Å². The smallest absolute Gasteiger partial charge is 0.335 e. The summed E-state index contributed by atoms with van der Waals surface area (Å²) < 4.78 is 41.0. The molecule has 0 aromatic heterocycles. The molecule has 2 aromatic carbocycles. The molecule has 0 bridgehead atoms. The van der Waals surface area contributed by atoms with E-state index in [4.69, 9.17) is 5.11 Å². The van der Waals surface area contributed by atoms with Crippen molar-refractivity contribution >= 4 is 37.6 Å². The van der Waals surface area contributed by atoms with Crippen molar-refractivity contribution in [1.29, 1.82) is 0 Å². The fraction of sp³-hybridized carbons (Fsp3) is 0.0714. The molecule has 0 fully saturated rings. The fourth-order valence-electron chi connectivity index (χ4n) is 1.76. The quantitative estimate of drug-likeness (QED) is 0.841. The maximum atomic E-state index is 13.9. The Morgan fingerprint density at radius 2 is 1.95 bits per heavy atom. The summed E-state index contributed by atoms with van der Waals surface area (Å²) in [5, 5.41) is 8.89. The summed E-state index contributed by atoms with van der Waals surface area (Å²) in [5.41, 5.74) is 0.522. The number of aryl methyl sites for hydroxylation is 1. The molecule has 0 amide bonds. The maximum Gasteiger partial charge on any atom is 0.335 e. The summed E-state index contributed by atoms with van der Waals surface area (Å²) in [4.78, 5) is 10.4. The van der Waals surface area contributed by atoms with Crippen LogP contribution in [-0.4, -0.2) is 19.5 Å². The average Bonchev–Trinajstić information content (AvgIpc) is 2.42. The van der Waals surface area contributed by atoms with Crippen molar-refractivity contribution < 1.29 is 22.7 Å². The molecule has 0 atom stereocenters. The van der Waals surface area contributed by atoms with Gasteiger partial charge in [-0.05, 0) is 42.8 Å². The number of carboxylic acids is 1. The van der Waals surface area contributed by atoms with Gasteiger partial charge < -0.3 is 5.11 Å². The molecule has 0 radical (unpaired) electrons. The Morgan fingerprint density at radius 3 is 2.59 bits per heavy atom. The zero-order valence-corrected chi connectivity index (χ0v) is 13.7. The Hall–Kier alpha value is -1.93. The van der Waals surface area contributed by atoms with Gasteiger partial charge >= 0.3 is 5.97 Å². The molecule has 0 aliphatic rings. The number of benzene rings is 2. The second kappa shape index (κ2) is 6.05. The summed E-state index contributed by atoms with van der Waals surface area (Å²) in [6.07, 6.45) is 0. The lowest BCUT2D eigenvalue weighted by atomic mass is 10.2. The van der Waals surface area contributed by atoms with E-state index >= 15 is 0 Å².